The van der Waals surface area contributed by atoms with Gasteiger partial charge in [0, 0.05) is 15.2 Å². The Bertz CT molecular complexity index is 377. The van der Waals surface area contributed by atoms with Crippen LogP contribution in [0.5, 0.6) is 0 Å². The predicted octanol–water partition coefficient (Wildman–Crippen LogP) is 3.94. The molecule has 0 saturated carbocycles. The lowest BCUT2D eigenvalue weighted by Gasteiger charge is -1.99. The Morgan fingerprint density at radius 3 is 2.92 bits per heavy atom. The lowest BCUT2D eigenvalue weighted by Crippen LogP contribution is -1.73. The summed E-state index contributed by atoms with van der Waals surface area (Å²) in [6.07, 6.45) is 2.10. The normalized spacial score (nSPS) is 10.2. The molecule has 0 N–H and O–H groups in total. The van der Waals surface area contributed by atoms with Gasteiger partial charge in [-0.05, 0) is 36.1 Å². The van der Waals surface area contributed by atoms with Gasteiger partial charge in [-0.15, -0.1) is 23.1 Å². The average molecular weight is 205 g/mol. The molecule has 1 radical (unpaired) electrons. The second kappa shape index (κ2) is 3.99. The van der Waals surface area contributed by atoms with Crippen LogP contribution >= 0.6 is 23.1 Å². The number of hydrogen-bond donors (Lipinski definition) is 0. The molecular weight excluding hydrogens is 196 g/mol. The van der Waals surface area contributed by atoms with Crippen molar-refractivity contribution >= 4 is 23.1 Å². The van der Waals surface area contributed by atoms with Crippen molar-refractivity contribution < 1.29 is 0 Å². The van der Waals surface area contributed by atoms with E-state index in [4.69, 9.17) is 0 Å². The minimum Gasteiger partial charge on any atom is -0.134 e. The third-order valence-corrected chi connectivity index (χ3v) is 3.40. The SMILES string of the molecule is CSc1cccc(-c2cc[c]s2)c1. The van der Waals surface area contributed by atoms with E-state index in [0.717, 1.165) is 0 Å². The maximum Gasteiger partial charge on any atom is 0.0449 e. The summed E-state index contributed by atoms with van der Waals surface area (Å²) < 4.78 is 0. The van der Waals surface area contributed by atoms with E-state index >= 15 is 0 Å². The summed E-state index contributed by atoms with van der Waals surface area (Å²) in [5.41, 5.74) is 1.29. The van der Waals surface area contributed by atoms with Crippen LogP contribution in [0.2, 0.25) is 0 Å². The maximum atomic E-state index is 3.10. The van der Waals surface area contributed by atoms with Gasteiger partial charge in [-0.2, -0.15) is 0 Å². The molecule has 0 unspecified atom stereocenters. The smallest absolute Gasteiger partial charge is 0.0449 e. The Morgan fingerprint density at radius 1 is 1.31 bits per heavy atom. The van der Waals surface area contributed by atoms with E-state index < -0.39 is 0 Å². The van der Waals surface area contributed by atoms with Gasteiger partial charge in [0.05, 0.1) is 0 Å². The van der Waals surface area contributed by atoms with Gasteiger partial charge in [0.2, 0.25) is 0 Å². The molecule has 2 heteroatoms. The van der Waals surface area contributed by atoms with Crippen LogP contribution in [-0.2, 0) is 0 Å². The summed E-state index contributed by atoms with van der Waals surface area (Å²) in [6, 6.07) is 12.6. The monoisotopic (exact) mass is 205 g/mol. The Hall–Kier alpha value is -0.730. The van der Waals surface area contributed by atoms with E-state index in [9.17, 15) is 0 Å². The van der Waals surface area contributed by atoms with E-state index in [1.54, 1.807) is 23.1 Å². The molecule has 0 saturated heterocycles. The van der Waals surface area contributed by atoms with Gasteiger partial charge in [0.1, 0.15) is 0 Å². The van der Waals surface area contributed by atoms with Crippen LogP contribution in [0.15, 0.2) is 41.3 Å². The first-order valence-electron chi connectivity index (χ1n) is 4.00. The first-order chi connectivity index (χ1) is 6.40. The molecule has 0 fully saturated rings. The highest BCUT2D eigenvalue weighted by atomic mass is 32.2. The van der Waals surface area contributed by atoms with Crippen molar-refractivity contribution in [3.05, 3.63) is 41.8 Å². The van der Waals surface area contributed by atoms with Crippen molar-refractivity contribution in [2.24, 2.45) is 0 Å². The Balaban J connectivity index is 2.41. The lowest BCUT2D eigenvalue weighted by molar-refractivity contribution is 1.47. The lowest BCUT2D eigenvalue weighted by atomic mass is 10.2. The molecular formula is C11H9S2. The molecule has 0 aliphatic heterocycles. The number of benzene rings is 1. The standard InChI is InChI=1S/C11H9S2/c1-12-10-5-2-4-9(8-10)11-6-3-7-13-11/h2-6,8H,1H3. The molecule has 0 aliphatic rings. The summed E-state index contributed by atoms with van der Waals surface area (Å²) in [5, 5.41) is 3.10. The molecule has 65 valence electrons. The van der Waals surface area contributed by atoms with E-state index in [1.807, 2.05) is 6.07 Å². The number of hydrogen-bond acceptors (Lipinski definition) is 2. The number of thiophene rings is 1. The molecule has 0 atom stereocenters. The Morgan fingerprint density at radius 2 is 2.23 bits per heavy atom. The Kier molecular flexibility index (Phi) is 2.71. The summed E-state index contributed by atoms with van der Waals surface area (Å²) >= 11 is 3.44. The second-order valence-electron chi connectivity index (χ2n) is 2.65. The third-order valence-electron chi connectivity index (χ3n) is 1.83. The fourth-order valence-electron chi connectivity index (χ4n) is 1.17. The van der Waals surface area contributed by atoms with Gasteiger partial charge in [0.15, 0.2) is 0 Å². The average Bonchev–Trinajstić information content (AvgIpc) is 2.71. The van der Waals surface area contributed by atoms with Gasteiger partial charge in [-0.1, -0.05) is 12.1 Å². The fourth-order valence-corrected chi connectivity index (χ4v) is 2.28. The highest BCUT2D eigenvalue weighted by Gasteiger charge is 1.98. The molecule has 0 spiro atoms. The van der Waals surface area contributed by atoms with Gasteiger partial charge in [0.25, 0.3) is 0 Å². The van der Waals surface area contributed by atoms with Gasteiger partial charge in [-0.25, -0.2) is 0 Å². The summed E-state index contributed by atoms with van der Waals surface area (Å²) in [4.78, 5) is 2.60. The second-order valence-corrected chi connectivity index (χ2v) is 4.41. The van der Waals surface area contributed by atoms with Crippen LogP contribution < -0.4 is 0 Å². The molecule has 0 bridgehead atoms. The van der Waals surface area contributed by atoms with Crippen molar-refractivity contribution in [2.75, 3.05) is 6.26 Å². The van der Waals surface area contributed by atoms with E-state index in [-0.39, 0.29) is 0 Å². The quantitative estimate of drug-likeness (QED) is 0.669. The number of thioether (sulfide) groups is 1. The van der Waals surface area contributed by atoms with Crippen LogP contribution in [0.4, 0.5) is 0 Å². The molecule has 1 aromatic heterocycles. The van der Waals surface area contributed by atoms with Crippen LogP contribution in [0.25, 0.3) is 10.4 Å². The van der Waals surface area contributed by atoms with E-state index in [2.05, 4.69) is 42.0 Å². The van der Waals surface area contributed by atoms with Crippen molar-refractivity contribution in [1.29, 1.82) is 0 Å². The molecule has 1 aromatic carbocycles. The summed E-state index contributed by atoms with van der Waals surface area (Å²) in [5.74, 6) is 0. The maximum absolute atomic E-state index is 3.10. The highest BCUT2D eigenvalue weighted by Crippen LogP contribution is 2.27. The molecule has 13 heavy (non-hydrogen) atoms. The first-order valence-corrected chi connectivity index (χ1v) is 6.04. The van der Waals surface area contributed by atoms with Crippen molar-refractivity contribution in [3.63, 3.8) is 0 Å². The highest BCUT2D eigenvalue weighted by molar-refractivity contribution is 7.98. The third kappa shape index (κ3) is 1.95. The van der Waals surface area contributed by atoms with E-state index in [1.165, 1.54) is 15.3 Å². The summed E-state index contributed by atoms with van der Waals surface area (Å²) in [7, 11) is 0. The molecule has 0 aliphatic carbocycles. The van der Waals surface area contributed by atoms with Crippen molar-refractivity contribution in [3.8, 4) is 10.4 Å². The zero-order valence-corrected chi connectivity index (χ0v) is 8.91. The largest absolute Gasteiger partial charge is 0.134 e. The first kappa shape index (κ1) is 8.85. The molecule has 2 aromatic rings. The molecule has 0 amide bonds. The summed E-state index contributed by atoms with van der Waals surface area (Å²) in [6.45, 7) is 0. The van der Waals surface area contributed by atoms with Crippen LogP contribution in [0.3, 0.4) is 0 Å². The minimum atomic E-state index is 1.29. The Labute approximate surface area is 86.6 Å². The van der Waals surface area contributed by atoms with Gasteiger partial charge < -0.3 is 0 Å². The fraction of sp³-hybridized carbons (Fsp3) is 0.0909. The molecule has 1 heterocycles. The van der Waals surface area contributed by atoms with Crippen LogP contribution in [0.1, 0.15) is 0 Å². The van der Waals surface area contributed by atoms with Gasteiger partial charge in [-0.3, -0.25) is 0 Å². The van der Waals surface area contributed by atoms with Crippen LogP contribution in [0, 0.1) is 5.38 Å². The topological polar surface area (TPSA) is 0 Å². The predicted molar refractivity (Wildman–Crippen MR) is 60.4 cm³/mol. The zero-order chi connectivity index (χ0) is 9.10. The van der Waals surface area contributed by atoms with Gasteiger partial charge >= 0.3 is 0 Å². The minimum absolute atomic E-state index is 1.29. The van der Waals surface area contributed by atoms with Crippen molar-refractivity contribution in [1.82, 2.24) is 0 Å². The zero-order valence-electron chi connectivity index (χ0n) is 7.28. The number of rotatable bonds is 2. The molecule has 0 nitrogen and oxygen atoms in total. The van der Waals surface area contributed by atoms with Crippen LogP contribution in [-0.4, -0.2) is 6.26 Å². The molecule has 2 rings (SSSR count). The van der Waals surface area contributed by atoms with Crippen molar-refractivity contribution in [2.45, 2.75) is 4.90 Å². The van der Waals surface area contributed by atoms with E-state index in [0.29, 0.717) is 0 Å².